The van der Waals surface area contributed by atoms with Gasteiger partial charge in [-0.25, -0.2) is 4.98 Å². The van der Waals surface area contributed by atoms with Gasteiger partial charge in [0, 0.05) is 36.4 Å². The molecule has 3 aromatic rings. The second-order valence-electron chi connectivity index (χ2n) is 9.94. The monoisotopic (exact) mass is 450 g/mol. The molecule has 2 heterocycles. The molecule has 7 rings (SSSR count). The number of hydrogen-bond acceptors (Lipinski definition) is 6. The first-order chi connectivity index (χ1) is 15.4. The van der Waals surface area contributed by atoms with Crippen LogP contribution in [0, 0.1) is 17.8 Å². The van der Waals surface area contributed by atoms with Gasteiger partial charge in [0.25, 0.3) is 0 Å². The lowest BCUT2D eigenvalue weighted by Crippen LogP contribution is -2.48. The van der Waals surface area contributed by atoms with Gasteiger partial charge in [-0.15, -0.1) is 11.3 Å². The van der Waals surface area contributed by atoms with Crippen molar-refractivity contribution >= 4 is 28.2 Å². The number of esters is 2. The number of ether oxygens (including phenoxy) is 2. The Balaban J connectivity index is 1.43. The Morgan fingerprint density at radius 2 is 1.69 bits per heavy atom. The number of carbonyl (C=O) groups excluding carboxylic acids is 2. The van der Waals surface area contributed by atoms with Crippen molar-refractivity contribution in [2.45, 2.75) is 57.8 Å². The highest BCUT2D eigenvalue weighted by Crippen LogP contribution is 2.60. The summed E-state index contributed by atoms with van der Waals surface area (Å²) in [5, 5.41) is 2.02. The van der Waals surface area contributed by atoms with E-state index in [1.54, 1.807) is 29.5 Å². The average molecular weight is 451 g/mol. The van der Waals surface area contributed by atoms with Crippen LogP contribution >= 0.6 is 11.3 Å². The maximum absolute atomic E-state index is 11.7. The number of thiazole rings is 1. The van der Waals surface area contributed by atoms with Crippen LogP contribution in [0.1, 0.15) is 58.1 Å². The van der Waals surface area contributed by atoms with Gasteiger partial charge >= 0.3 is 11.9 Å². The van der Waals surface area contributed by atoms with Gasteiger partial charge in [0.15, 0.2) is 4.96 Å². The van der Waals surface area contributed by atoms with E-state index in [0.29, 0.717) is 17.1 Å². The maximum atomic E-state index is 11.7. The summed E-state index contributed by atoms with van der Waals surface area (Å²) in [5.41, 5.74) is 3.03. The van der Waals surface area contributed by atoms with E-state index >= 15 is 0 Å². The molecule has 32 heavy (non-hydrogen) atoms. The number of carbonyl (C=O) groups is 2. The van der Waals surface area contributed by atoms with E-state index in [2.05, 4.69) is 10.6 Å². The van der Waals surface area contributed by atoms with Crippen molar-refractivity contribution in [3.8, 4) is 22.8 Å². The van der Waals surface area contributed by atoms with Crippen LogP contribution in [0.3, 0.4) is 0 Å². The van der Waals surface area contributed by atoms with Gasteiger partial charge in [0.2, 0.25) is 0 Å². The van der Waals surface area contributed by atoms with Gasteiger partial charge in [-0.05, 0) is 74.5 Å². The Bertz CT molecular complexity index is 1200. The van der Waals surface area contributed by atoms with Gasteiger partial charge in [0.1, 0.15) is 11.5 Å². The van der Waals surface area contributed by atoms with Crippen LogP contribution in [0.15, 0.2) is 29.8 Å². The van der Waals surface area contributed by atoms with Crippen molar-refractivity contribution in [2.75, 3.05) is 0 Å². The lowest BCUT2D eigenvalue weighted by Gasteiger charge is -2.56. The molecule has 7 heteroatoms. The van der Waals surface area contributed by atoms with E-state index in [9.17, 15) is 9.59 Å². The van der Waals surface area contributed by atoms with Gasteiger partial charge in [-0.2, -0.15) is 0 Å². The largest absolute Gasteiger partial charge is 0.427 e. The lowest BCUT2D eigenvalue weighted by molar-refractivity contribution is -0.133. The molecular weight excluding hydrogens is 424 g/mol. The Labute approximate surface area is 190 Å². The van der Waals surface area contributed by atoms with Gasteiger partial charge in [-0.3, -0.25) is 14.0 Å². The quantitative estimate of drug-likeness (QED) is 0.394. The van der Waals surface area contributed by atoms with Crippen molar-refractivity contribution in [1.82, 2.24) is 9.38 Å². The molecule has 4 aliphatic carbocycles. The third-order valence-corrected chi connectivity index (χ3v) is 8.37. The number of rotatable bonds is 4. The molecule has 0 atom stereocenters. The molecule has 4 bridgehead atoms. The fourth-order valence-electron chi connectivity index (χ4n) is 6.84. The molecule has 0 unspecified atom stereocenters. The molecule has 1 aromatic carbocycles. The third-order valence-electron chi connectivity index (χ3n) is 7.53. The number of aromatic nitrogens is 2. The highest BCUT2D eigenvalue weighted by atomic mass is 32.1. The molecule has 0 radical (unpaired) electrons. The average Bonchev–Trinajstić information content (AvgIpc) is 3.29. The SMILES string of the molecule is CC(=O)Oc1ccc(OC(C)=O)c(-c2csc3nc(C45CC6CC(CC(C6)C4)C5)cn23)c1. The summed E-state index contributed by atoms with van der Waals surface area (Å²) < 4.78 is 12.9. The van der Waals surface area contributed by atoms with Crippen LogP contribution in [0.2, 0.25) is 0 Å². The smallest absolute Gasteiger partial charge is 0.308 e. The van der Waals surface area contributed by atoms with Crippen molar-refractivity contribution in [3.05, 3.63) is 35.5 Å². The Morgan fingerprint density at radius 1 is 1.03 bits per heavy atom. The van der Waals surface area contributed by atoms with Crippen molar-refractivity contribution in [1.29, 1.82) is 0 Å². The minimum atomic E-state index is -0.391. The second-order valence-corrected chi connectivity index (χ2v) is 10.8. The Hall–Kier alpha value is -2.67. The van der Waals surface area contributed by atoms with E-state index in [-0.39, 0.29) is 5.41 Å². The van der Waals surface area contributed by atoms with Crippen LogP contribution < -0.4 is 9.47 Å². The first-order valence-corrected chi connectivity index (χ1v) is 12.2. The number of imidazole rings is 1. The zero-order chi connectivity index (χ0) is 22.0. The van der Waals surface area contributed by atoms with E-state index in [0.717, 1.165) is 28.4 Å². The van der Waals surface area contributed by atoms with Crippen LogP contribution in [0.4, 0.5) is 0 Å². The molecule has 0 N–H and O–H groups in total. The summed E-state index contributed by atoms with van der Waals surface area (Å²) in [7, 11) is 0. The molecule has 0 spiro atoms. The highest BCUT2D eigenvalue weighted by molar-refractivity contribution is 7.15. The fraction of sp³-hybridized carbons (Fsp3) is 0.480. The van der Waals surface area contributed by atoms with Gasteiger partial charge in [0.05, 0.1) is 11.4 Å². The highest BCUT2D eigenvalue weighted by Gasteiger charge is 2.52. The number of hydrogen-bond donors (Lipinski definition) is 0. The minimum absolute atomic E-state index is 0.218. The molecule has 0 aliphatic heterocycles. The first-order valence-electron chi connectivity index (χ1n) is 11.4. The molecule has 2 aromatic heterocycles. The van der Waals surface area contributed by atoms with Crippen LogP contribution in [0.5, 0.6) is 11.5 Å². The molecule has 0 amide bonds. The molecule has 4 aliphatic rings. The molecule has 6 nitrogen and oxygen atoms in total. The summed E-state index contributed by atoms with van der Waals surface area (Å²) in [4.78, 5) is 29.2. The summed E-state index contributed by atoms with van der Waals surface area (Å²) >= 11 is 1.58. The third kappa shape index (κ3) is 3.25. The predicted octanol–water partition coefficient (Wildman–Crippen LogP) is 5.38. The first kappa shape index (κ1) is 20.0. The molecule has 166 valence electrons. The number of fused-ring (bicyclic) bond motifs is 1. The summed E-state index contributed by atoms with van der Waals surface area (Å²) in [6.45, 7) is 2.76. The maximum Gasteiger partial charge on any atom is 0.308 e. The Morgan fingerprint density at radius 3 is 2.31 bits per heavy atom. The van der Waals surface area contributed by atoms with Crippen LogP contribution in [0.25, 0.3) is 16.2 Å². The number of benzene rings is 1. The molecule has 0 saturated heterocycles. The lowest BCUT2D eigenvalue weighted by atomic mass is 9.49. The van der Waals surface area contributed by atoms with E-state index in [1.165, 1.54) is 58.1 Å². The van der Waals surface area contributed by atoms with Gasteiger partial charge in [-0.1, -0.05) is 0 Å². The predicted molar refractivity (Wildman–Crippen MR) is 121 cm³/mol. The van der Waals surface area contributed by atoms with Crippen LogP contribution in [-0.4, -0.2) is 21.3 Å². The molecular formula is C25H26N2O4S. The summed E-state index contributed by atoms with van der Waals surface area (Å²) in [6, 6.07) is 5.07. The van der Waals surface area contributed by atoms with Crippen molar-refractivity contribution < 1.29 is 19.1 Å². The van der Waals surface area contributed by atoms with Crippen molar-refractivity contribution in [2.24, 2.45) is 17.8 Å². The Kier molecular flexibility index (Phi) is 4.47. The minimum Gasteiger partial charge on any atom is -0.427 e. The fourth-order valence-corrected chi connectivity index (χ4v) is 7.71. The topological polar surface area (TPSA) is 69.9 Å². The van der Waals surface area contributed by atoms with E-state index in [1.807, 2.05) is 5.38 Å². The van der Waals surface area contributed by atoms with E-state index in [4.69, 9.17) is 14.5 Å². The summed E-state index contributed by atoms with van der Waals surface area (Å²) in [6.07, 6.45) is 10.2. The van der Waals surface area contributed by atoms with Crippen LogP contribution in [-0.2, 0) is 15.0 Å². The zero-order valence-corrected chi connectivity index (χ0v) is 19.1. The van der Waals surface area contributed by atoms with E-state index < -0.39 is 11.9 Å². The standard InChI is InChI=1S/C25H26N2O4S/c1-14(28)30-19-3-4-22(31-15(2)29)20(8-19)21-13-32-24-26-23(12-27(21)24)25-9-16-5-17(10-25)7-18(6-16)11-25/h3-4,8,12-13,16-18H,5-7,9-11H2,1-2H3. The summed E-state index contributed by atoms with van der Waals surface area (Å²) in [5.74, 6) is 2.66. The van der Waals surface area contributed by atoms with Gasteiger partial charge < -0.3 is 9.47 Å². The zero-order valence-electron chi connectivity index (χ0n) is 18.3. The normalized spacial score (nSPS) is 28.2. The molecule has 4 fully saturated rings. The second kappa shape index (κ2) is 7.17. The van der Waals surface area contributed by atoms with Crippen molar-refractivity contribution in [3.63, 3.8) is 0 Å². The number of nitrogens with zero attached hydrogens (tertiary/aromatic N) is 2. The molecule has 4 saturated carbocycles.